The lowest BCUT2D eigenvalue weighted by molar-refractivity contribution is -0.130. The second kappa shape index (κ2) is 7.79. The van der Waals surface area contributed by atoms with Gasteiger partial charge < -0.3 is 11.1 Å². The molecule has 0 heterocycles. The van der Waals surface area contributed by atoms with Crippen molar-refractivity contribution < 1.29 is 9.00 Å². The van der Waals surface area contributed by atoms with Crippen molar-refractivity contribution in [1.82, 2.24) is 5.32 Å². The highest BCUT2D eigenvalue weighted by Gasteiger charge is 2.32. The van der Waals surface area contributed by atoms with Gasteiger partial charge in [0.1, 0.15) is 0 Å². The van der Waals surface area contributed by atoms with Crippen molar-refractivity contribution in [3.05, 3.63) is 0 Å². The third-order valence-corrected chi connectivity index (χ3v) is 4.47. The standard InChI is InChI=1S/C11H24N2O2S/c1-4-11(5-2,9-12)10(14)13-7-8-16(15)6-3/h4-9,12H2,1-3H3,(H,13,14). The maximum absolute atomic E-state index is 11.9. The van der Waals surface area contributed by atoms with Crippen LogP contribution >= 0.6 is 0 Å². The third kappa shape index (κ3) is 4.22. The summed E-state index contributed by atoms with van der Waals surface area (Å²) in [5, 5.41) is 2.83. The number of rotatable bonds is 8. The number of carbonyl (C=O) groups is 1. The summed E-state index contributed by atoms with van der Waals surface area (Å²) in [5.74, 6) is 1.16. The molecule has 1 atom stereocenters. The molecule has 0 saturated carbocycles. The highest BCUT2D eigenvalue weighted by molar-refractivity contribution is 7.84. The van der Waals surface area contributed by atoms with Crippen molar-refractivity contribution in [3.8, 4) is 0 Å². The third-order valence-electron chi connectivity index (χ3n) is 3.16. The van der Waals surface area contributed by atoms with Crippen LogP contribution in [0.3, 0.4) is 0 Å². The Morgan fingerprint density at radius 1 is 1.31 bits per heavy atom. The van der Waals surface area contributed by atoms with Crippen LogP contribution in [0.5, 0.6) is 0 Å². The van der Waals surface area contributed by atoms with E-state index < -0.39 is 16.2 Å². The summed E-state index contributed by atoms with van der Waals surface area (Å²) in [7, 11) is -0.822. The van der Waals surface area contributed by atoms with Gasteiger partial charge in [0.2, 0.25) is 5.91 Å². The van der Waals surface area contributed by atoms with Gasteiger partial charge in [-0.05, 0) is 12.8 Å². The molecule has 96 valence electrons. The monoisotopic (exact) mass is 248 g/mol. The van der Waals surface area contributed by atoms with Crippen LogP contribution in [0.4, 0.5) is 0 Å². The molecule has 1 amide bonds. The normalized spacial score (nSPS) is 13.5. The zero-order valence-corrected chi connectivity index (χ0v) is 11.4. The van der Waals surface area contributed by atoms with Crippen LogP contribution < -0.4 is 11.1 Å². The first-order valence-corrected chi connectivity index (χ1v) is 7.38. The molecule has 0 aliphatic carbocycles. The van der Waals surface area contributed by atoms with E-state index in [1.165, 1.54) is 0 Å². The Hall–Kier alpha value is -0.420. The van der Waals surface area contributed by atoms with Crippen LogP contribution in [0.1, 0.15) is 33.6 Å². The topological polar surface area (TPSA) is 72.2 Å². The fourth-order valence-corrected chi connectivity index (χ4v) is 2.18. The summed E-state index contributed by atoms with van der Waals surface area (Å²) in [4.78, 5) is 11.9. The largest absolute Gasteiger partial charge is 0.355 e. The molecule has 0 saturated heterocycles. The minimum absolute atomic E-state index is 0.00639. The van der Waals surface area contributed by atoms with Crippen LogP contribution in [-0.2, 0) is 15.6 Å². The maximum atomic E-state index is 11.9. The van der Waals surface area contributed by atoms with Gasteiger partial charge >= 0.3 is 0 Å². The lowest BCUT2D eigenvalue weighted by atomic mass is 9.81. The number of hydrogen-bond acceptors (Lipinski definition) is 3. The van der Waals surface area contributed by atoms with Crippen LogP contribution in [-0.4, -0.2) is 34.7 Å². The van der Waals surface area contributed by atoms with Gasteiger partial charge in [0.15, 0.2) is 0 Å². The SMILES string of the molecule is CCS(=O)CCNC(=O)C(CC)(CC)CN. The molecule has 3 N–H and O–H groups in total. The highest BCUT2D eigenvalue weighted by Crippen LogP contribution is 2.24. The zero-order valence-electron chi connectivity index (χ0n) is 10.5. The van der Waals surface area contributed by atoms with Gasteiger partial charge in [0, 0.05) is 35.4 Å². The Balaban J connectivity index is 4.17. The van der Waals surface area contributed by atoms with Crippen LogP contribution in [0.2, 0.25) is 0 Å². The Morgan fingerprint density at radius 2 is 1.88 bits per heavy atom. The minimum atomic E-state index is -0.822. The lowest BCUT2D eigenvalue weighted by Crippen LogP contribution is -2.46. The first kappa shape index (κ1) is 15.6. The summed E-state index contributed by atoms with van der Waals surface area (Å²) >= 11 is 0. The van der Waals surface area contributed by atoms with E-state index in [0.717, 1.165) is 12.8 Å². The second-order valence-corrected chi connectivity index (χ2v) is 5.75. The van der Waals surface area contributed by atoms with E-state index in [2.05, 4.69) is 5.32 Å². The molecule has 16 heavy (non-hydrogen) atoms. The van der Waals surface area contributed by atoms with E-state index in [1.807, 2.05) is 20.8 Å². The number of nitrogens with one attached hydrogen (secondary N) is 1. The predicted octanol–water partition coefficient (Wildman–Crippen LogP) is 0.636. The summed E-state index contributed by atoms with van der Waals surface area (Å²) in [6.07, 6.45) is 1.48. The molecule has 5 heteroatoms. The molecular formula is C11H24N2O2S. The molecule has 0 rings (SSSR count). The van der Waals surface area contributed by atoms with Crippen LogP contribution in [0.15, 0.2) is 0 Å². The fraction of sp³-hybridized carbons (Fsp3) is 0.909. The van der Waals surface area contributed by atoms with Gasteiger partial charge in [-0.1, -0.05) is 20.8 Å². The first-order chi connectivity index (χ1) is 7.56. The molecule has 4 nitrogen and oxygen atoms in total. The molecule has 0 aliphatic heterocycles. The molecule has 0 bridgehead atoms. The smallest absolute Gasteiger partial charge is 0.227 e. The van der Waals surface area contributed by atoms with Gasteiger partial charge in [-0.25, -0.2) is 0 Å². The van der Waals surface area contributed by atoms with E-state index in [-0.39, 0.29) is 5.91 Å². The zero-order chi connectivity index (χ0) is 12.6. The van der Waals surface area contributed by atoms with Crippen LogP contribution in [0, 0.1) is 5.41 Å². The van der Waals surface area contributed by atoms with E-state index >= 15 is 0 Å². The molecule has 0 fully saturated rings. The Kier molecular flexibility index (Phi) is 7.58. The molecule has 0 aromatic heterocycles. The summed E-state index contributed by atoms with van der Waals surface area (Å²) in [5.41, 5.74) is 5.22. The average molecular weight is 248 g/mol. The molecular weight excluding hydrogens is 224 g/mol. The lowest BCUT2D eigenvalue weighted by Gasteiger charge is -2.28. The van der Waals surface area contributed by atoms with Crippen molar-refractivity contribution in [2.24, 2.45) is 11.1 Å². The van der Waals surface area contributed by atoms with E-state index in [9.17, 15) is 9.00 Å². The summed E-state index contributed by atoms with van der Waals surface area (Å²) in [6, 6.07) is 0. The molecule has 0 aromatic rings. The highest BCUT2D eigenvalue weighted by atomic mass is 32.2. The Morgan fingerprint density at radius 3 is 2.25 bits per heavy atom. The minimum Gasteiger partial charge on any atom is -0.355 e. The Bertz CT molecular complexity index is 232. The maximum Gasteiger partial charge on any atom is 0.227 e. The van der Waals surface area contributed by atoms with Gasteiger partial charge in [0.25, 0.3) is 0 Å². The molecule has 0 radical (unpaired) electrons. The number of carbonyl (C=O) groups excluding carboxylic acids is 1. The van der Waals surface area contributed by atoms with E-state index in [1.54, 1.807) is 0 Å². The van der Waals surface area contributed by atoms with Crippen molar-refractivity contribution in [2.45, 2.75) is 33.6 Å². The number of nitrogens with two attached hydrogens (primary N) is 1. The van der Waals surface area contributed by atoms with Crippen LogP contribution in [0.25, 0.3) is 0 Å². The fourth-order valence-electron chi connectivity index (χ4n) is 1.56. The van der Waals surface area contributed by atoms with Gasteiger partial charge in [0.05, 0.1) is 5.41 Å². The van der Waals surface area contributed by atoms with E-state index in [4.69, 9.17) is 5.73 Å². The van der Waals surface area contributed by atoms with Gasteiger partial charge in [-0.2, -0.15) is 0 Å². The molecule has 0 aliphatic rings. The van der Waals surface area contributed by atoms with Gasteiger partial charge in [-0.15, -0.1) is 0 Å². The molecule has 0 spiro atoms. The first-order valence-electron chi connectivity index (χ1n) is 5.89. The van der Waals surface area contributed by atoms with Crippen molar-refractivity contribution in [2.75, 3.05) is 24.6 Å². The van der Waals surface area contributed by atoms with E-state index in [0.29, 0.717) is 24.6 Å². The van der Waals surface area contributed by atoms with Crippen molar-refractivity contribution in [3.63, 3.8) is 0 Å². The second-order valence-electron chi connectivity index (χ2n) is 3.88. The summed E-state index contributed by atoms with van der Waals surface area (Å²) < 4.78 is 11.2. The predicted molar refractivity (Wildman–Crippen MR) is 68.6 cm³/mol. The quantitative estimate of drug-likeness (QED) is 0.662. The number of amides is 1. The van der Waals surface area contributed by atoms with Crippen molar-refractivity contribution in [1.29, 1.82) is 0 Å². The van der Waals surface area contributed by atoms with Crippen molar-refractivity contribution >= 4 is 16.7 Å². The molecule has 1 unspecified atom stereocenters. The molecule has 0 aromatic carbocycles. The van der Waals surface area contributed by atoms with Gasteiger partial charge in [-0.3, -0.25) is 9.00 Å². The average Bonchev–Trinajstić information content (AvgIpc) is 2.31. The Labute approximate surface area is 101 Å². The number of hydrogen-bond donors (Lipinski definition) is 2. The summed E-state index contributed by atoms with van der Waals surface area (Å²) in [6.45, 7) is 6.66.